The summed E-state index contributed by atoms with van der Waals surface area (Å²) in [5, 5.41) is 0.723. The van der Waals surface area contributed by atoms with Crippen LogP contribution in [0.15, 0.2) is 24.3 Å². The van der Waals surface area contributed by atoms with Gasteiger partial charge in [0.1, 0.15) is 12.1 Å². The van der Waals surface area contributed by atoms with Gasteiger partial charge in [-0.25, -0.2) is 0 Å². The van der Waals surface area contributed by atoms with Crippen molar-refractivity contribution in [1.29, 1.82) is 0 Å². The highest BCUT2D eigenvalue weighted by atomic mass is 35.5. The average molecular weight is 268 g/mol. The summed E-state index contributed by atoms with van der Waals surface area (Å²) in [6.45, 7) is 1.65. The summed E-state index contributed by atoms with van der Waals surface area (Å²) >= 11 is 5.88. The van der Waals surface area contributed by atoms with Crippen molar-refractivity contribution >= 4 is 17.6 Å². The van der Waals surface area contributed by atoms with Gasteiger partial charge in [0.15, 0.2) is 0 Å². The van der Waals surface area contributed by atoms with Crippen molar-refractivity contribution < 1.29 is 9.53 Å². The normalized spacial score (nSPS) is 24.8. The van der Waals surface area contributed by atoms with Gasteiger partial charge < -0.3 is 10.5 Å². The minimum Gasteiger partial charge on any atom is -0.461 e. The molecule has 18 heavy (non-hydrogen) atoms. The first-order valence-corrected chi connectivity index (χ1v) is 6.67. The Hall–Kier alpha value is -1.06. The minimum atomic E-state index is -0.559. The lowest BCUT2D eigenvalue weighted by Gasteiger charge is -2.21. The van der Waals surface area contributed by atoms with E-state index in [-0.39, 0.29) is 18.0 Å². The summed E-state index contributed by atoms with van der Waals surface area (Å²) in [7, 11) is 0. The number of ether oxygens (including phenoxy) is 1. The predicted molar refractivity (Wildman–Crippen MR) is 71.6 cm³/mol. The van der Waals surface area contributed by atoms with Crippen LogP contribution in [0.1, 0.15) is 37.7 Å². The second-order valence-corrected chi connectivity index (χ2v) is 5.29. The zero-order chi connectivity index (χ0) is 13.1. The lowest BCUT2D eigenvalue weighted by atomic mass is 9.96. The fourth-order valence-electron chi connectivity index (χ4n) is 2.41. The molecular weight excluding hydrogens is 250 g/mol. The molecule has 0 amide bonds. The number of benzene rings is 1. The highest BCUT2D eigenvalue weighted by molar-refractivity contribution is 6.30. The lowest BCUT2D eigenvalue weighted by Crippen LogP contribution is -2.33. The third-order valence-corrected chi connectivity index (χ3v) is 3.64. The number of carbonyl (C=O) groups excluding carboxylic acids is 1. The maximum atomic E-state index is 11.6. The molecule has 0 saturated heterocycles. The smallest absolute Gasteiger partial charge is 0.322 e. The van der Waals surface area contributed by atoms with Crippen molar-refractivity contribution in [3.63, 3.8) is 0 Å². The number of esters is 1. The second kappa shape index (κ2) is 5.72. The van der Waals surface area contributed by atoms with E-state index in [1.165, 1.54) is 5.56 Å². The minimum absolute atomic E-state index is 0.0512. The molecule has 0 bridgehead atoms. The molecule has 3 atom stereocenters. The molecule has 1 aliphatic carbocycles. The second-order valence-electron chi connectivity index (χ2n) is 4.85. The Morgan fingerprint density at radius 1 is 1.39 bits per heavy atom. The van der Waals surface area contributed by atoms with Crippen LogP contribution in [0, 0.1) is 0 Å². The molecule has 98 valence electrons. The molecule has 0 heterocycles. The zero-order valence-corrected chi connectivity index (χ0v) is 11.2. The number of hydrogen-bond donors (Lipinski definition) is 1. The Morgan fingerprint density at radius 3 is 2.67 bits per heavy atom. The number of rotatable bonds is 3. The first kappa shape index (κ1) is 13.4. The van der Waals surface area contributed by atoms with Gasteiger partial charge in [-0.2, -0.15) is 0 Å². The van der Waals surface area contributed by atoms with Gasteiger partial charge in [-0.1, -0.05) is 23.7 Å². The van der Waals surface area contributed by atoms with E-state index in [0.29, 0.717) is 0 Å². The monoisotopic (exact) mass is 267 g/mol. The van der Waals surface area contributed by atoms with Crippen molar-refractivity contribution in [3.8, 4) is 0 Å². The van der Waals surface area contributed by atoms with Gasteiger partial charge in [0, 0.05) is 10.9 Å². The first-order valence-electron chi connectivity index (χ1n) is 6.29. The van der Waals surface area contributed by atoms with E-state index in [2.05, 4.69) is 0 Å². The van der Waals surface area contributed by atoms with Crippen molar-refractivity contribution in [2.24, 2.45) is 5.73 Å². The Kier molecular flexibility index (Phi) is 4.25. The van der Waals surface area contributed by atoms with Crippen LogP contribution in [0.2, 0.25) is 5.02 Å². The highest BCUT2D eigenvalue weighted by Crippen LogP contribution is 2.37. The summed E-state index contributed by atoms with van der Waals surface area (Å²) < 4.78 is 5.47. The van der Waals surface area contributed by atoms with E-state index >= 15 is 0 Å². The van der Waals surface area contributed by atoms with Crippen molar-refractivity contribution in [2.45, 2.75) is 44.2 Å². The van der Waals surface area contributed by atoms with Gasteiger partial charge >= 0.3 is 5.97 Å². The summed E-state index contributed by atoms with van der Waals surface area (Å²) in [5.74, 6) is -0.0502. The lowest BCUT2D eigenvalue weighted by molar-refractivity contribution is -0.150. The Morgan fingerprint density at radius 2 is 2.06 bits per heavy atom. The van der Waals surface area contributed by atoms with Crippen LogP contribution in [0.25, 0.3) is 0 Å². The topological polar surface area (TPSA) is 52.3 Å². The summed E-state index contributed by atoms with van der Waals surface area (Å²) in [5.41, 5.74) is 6.71. The van der Waals surface area contributed by atoms with Gasteiger partial charge in [0.2, 0.25) is 0 Å². The van der Waals surface area contributed by atoms with Crippen LogP contribution in [0.3, 0.4) is 0 Å². The molecule has 1 aromatic carbocycles. The van der Waals surface area contributed by atoms with E-state index < -0.39 is 6.04 Å². The maximum Gasteiger partial charge on any atom is 0.322 e. The number of nitrogens with two attached hydrogens (primary N) is 1. The molecule has 0 aromatic heterocycles. The predicted octanol–water partition coefficient (Wildman–Crippen LogP) is 2.87. The fraction of sp³-hybridized carbons (Fsp3) is 0.500. The molecular formula is C14H18ClNO2. The van der Waals surface area contributed by atoms with Gasteiger partial charge in [0.05, 0.1) is 0 Å². The maximum absolute atomic E-state index is 11.6. The van der Waals surface area contributed by atoms with Crippen LogP contribution in [-0.4, -0.2) is 18.1 Å². The molecule has 1 saturated carbocycles. The largest absolute Gasteiger partial charge is 0.461 e. The van der Waals surface area contributed by atoms with E-state index in [0.717, 1.165) is 24.3 Å². The van der Waals surface area contributed by atoms with Gasteiger partial charge in [-0.05, 0) is 43.9 Å². The van der Waals surface area contributed by atoms with E-state index in [4.69, 9.17) is 22.1 Å². The standard InChI is InChI=1S/C14H18ClNO2/c1-9(16)14(17)18-13-4-2-3-12(13)10-5-7-11(15)8-6-10/h5-9,12-13H,2-4,16H2,1H3/t9-,12-,13-/m0/s1. The van der Waals surface area contributed by atoms with E-state index in [9.17, 15) is 4.79 Å². The average Bonchev–Trinajstić information content (AvgIpc) is 2.78. The zero-order valence-electron chi connectivity index (χ0n) is 10.4. The third-order valence-electron chi connectivity index (χ3n) is 3.39. The third kappa shape index (κ3) is 3.03. The molecule has 2 rings (SSSR count). The van der Waals surface area contributed by atoms with Crippen LogP contribution in [0.4, 0.5) is 0 Å². The van der Waals surface area contributed by atoms with Crippen LogP contribution >= 0.6 is 11.6 Å². The number of halogens is 1. The molecule has 1 aromatic rings. The summed E-state index contributed by atoms with van der Waals surface area (Å²) in [4.78, 5) is 11.6. The van der Waals surface area contributed by atoms with Crippen molar-refractivity contribution in [2.75, 3.05) is 0 Å². The summed E-state index contributed by atoms with van der Waals surface area (Å²) in [6.07, 6.45) is 2.97. The molecule has 0 radical (unpaired) electrons. The molecule has 1 fully saturated rings. The molecule has 3 nitrogen and oxygen atoms in total. The summed E-state index contributed by atoms with van der Waals surface area (Å²) in [6, 6.07) is 7.20. The van der Waals surface area contributed by atoms with Crippen molar-refractivity contribution in [1.82, 2.24) is 0 Å². The Bertz CT molecular complexity index is 416. The number of carbonyl (C=O) groups is 1. The molecule has 1 aliphatic rings. The molecule has 0 aliphatic heterocycles. The van der Waals surface area contributed by atoms with Crippen LogP contribution < -0.4 is 5.73 Å². The van der Waals surface area contributed by atoms with E-state index in [1.807, 2.05) is 24.3 Å². The fourth-order valence-corrected chi connectivity index (χ4v) is 2.54. The van der Waals surface area contributed by atoms with Crippen LogP contribution in [0.5, 0.6) is 0 Å². The Labute approximate surface area is 112 Å². The Balaban J connectivity index is 2.07. The molecule has 4 heteroatoms. The van der Waals surface area contributed by atoms with Gasteiger partial charge in [0.25, 0.3) is 0 Å². The molecule has 2 N–H and O–H groups in total. The number of hydrogen-bond acceptors (Lipinski definition) is 3. The van der Waals surface area contributed by atoms with Crippen molar-refractivity contribution in [3.05, 3.63) is 34.9 Å². The van der Waals surface area contributed by atoms with Gasteiger partial charge in [-0.15, -0.1) is 0 Å². The van der Waals surface area contributed by atoms with Gasteiger partial charge in [-0.3, -0.25) is 4.79 Å². The molecule has 0 unspecified atom stereocenters. The highest BCUT2D eigenvalue weighted by Gasteiger charge is 2.32. The first-order chi connectivity index (χ1) is 8.58. The molecule has 0 spiro atoms. The quantitative estimate of drug-likeness (QED) is 0.857. The SMILES string of the molecule is C[C@H](N)C(=O)O[C@H]1CCC[C@H]1c1ccc(Cl)cc1. The van der Waals surface area contributed by atoms with Crippen LogP contribution in [-0.2, 0) is 9.53 Å². The van der Waals surface area contributed by atoms with E-state index in [1.54, 1.807) is 6.92 Å².